The zero-order valence-corrected chi connectivity index (χ0v) is 33.1. The predicted molar refractivity (Wildman–Crippen MR) is 217 cm³/mol. The molecule has 0 saturated carbocycles. The summed E-state index contributed by atoms with van der Waals surface area (Å²) in [6, 6.07) is 36.6. The minimum absolute atomic E-state index is 0.00160. The van der Waals surface area contributed by atoms with Gasteiger partial charge < -0.3 is 28.4 Å². The highest BCUT2D eigenvalue weighted by Gasteiger charge is 2.22. The van der Waals surface area contributed by atoms with Crippen molar-refractivity contribution in [3.63, 3.8) is 0 Å². The number of furan rings is 1. The number of aryl methyl sites for hydroxylation is 1. The molecular weight excluding hydrogens is 716 g/mol. The molecule has 288 valence electrons. The minimum Gasteiger partial charge on any atom is -0.496 e. The number of hydrogen-bond acceptors (Lipinski definition) is 7. The summed E-state index contributed by atoms with van der Waals surface area (Å²) in [5.74, 6) is 0.952. The monoisotopic (exact) mass is 764 g/mol. The molecule has 10 heteroatoms. The molecule has 6 aromatic rings. The quantitative estimate of drug-likeness (QED) is 0.110. The third-order valence-electron chi connectivity index (χ3n) is 8.33. The van der Waals surface area contributed by atoms with Gasteiger partial charge in [-0.25, -0.2) is 4.39 Å². The van der Waals surface area contributed by atoms with Crippen molar-refractivity contribution in [1.82, 2.24) is 4.90 Å². The van der Waals surface area contributed by atoms with Gasteiger partial charge in [0.25, 0.3) is 11.8 Å². The van der Waals surface area contributed by atoms with E-state index in [0.29, 0.717) is 37.6 Å². The second kappa shape index (κ2) is 21.9. The lowest BCUT2D eigenvalue weighted by molar-refractivity contribution is 0.0730. The summed E-state index contributed by atoms with van der Waals surface area (Å²) >= 11 is 1.65. The van der Waals surface area contributed by atoms with Crippen molar-refractivity contribution in [1.29, 1.82) is 0 Å². The number of rotatable bonds is 14. The van der Waals surface area contributed by atoms with Crippen molar-refractivity contribution < 1.29 is 32.6 Å². The van der Waals surface area contributed by atoms with Crippen LogP contribution in [0.25, 0.3) is 0 Å². The largest absolute Gasteiger partial charge is 0.496 e. The Labute approximate surface area is 327 Å². The van der Waals surface area contributed by atoms with Gasteiger partial charge in [-0.05, 0) is 85.0 Å². The maximum Gasteiger partial charge on any atom is 0.293 e. The summed E-state index contributed by atoms with van der Waals surface area (Å²) in [6.45, 7) is 10.0. The number of amides is 2. The van der Waals surface area contributed by atoms with Gasteiger partial charge in [-0.1, -0.05) is 80.6 Å². The molecule has 8 nitrogen and oxygen atoms in total. The normalized spacial score (nSPS) is 10.3. The highest BCUT2D eigenvalue weighted by atomic mass is 32.1. The minimum atomic E-state index is -0.438. The molecule has 0 atom stereocenters. The topological polar surface area (TPSA) is 81.5 Å². The SMILES string of the molecule is CC.CCN(C(=O)c1ccc(COc2ccccc2F)o1)c1ccccc1C.COCc1ccc(C(=O)N(Cc2cccs2)Cc2ccccc2OC)cc1. The maximum absolute atomic E-state index is 13.6. The summed E-state index contributed by atoms with van der Waals surface area (Å²) < 4.78 is 35.2. The summed E-state index contributed by atoms with van der Waals surface area (Å²) in [5.41, 5.74) is 4.56. The van der Waals surface area contributed by atoms with Crippen LogP contribution in [0.3, 0.4) is 0 Å². The lowest BCUT2D eigenvalue weighted by Gasteiger charge is -2.23. The molecule has 0 radical (unpaired) electrons. The number of nitrogens with zero attached hydrogens (tertiary/aromatic N) is 2. The van der Waals surface area contributed by atoms with Crippen molar-refractivity contribution in [2.75, 3.05) is 25.7 Å². The zero-order valence-electron chi connectivity index (χ0n) is 32.3. The van der Waals surface area contributed by atoms with Crippen LogP contribution < -0.4 is 14.4 Å². The van der Waals surface area contributed by atoms with E-state index >= 15 is 0 Å². The van der Waals surface area contributed by atoms with E-state index in [2.05, 4.69) is 6.07 Å². The van der Waals surface area contributed by atoms with E-state index in [4.69, 9.17) is 18.6 Å². The fourth-order valence-electron chi connectivity index (χ4n) is 5.63. The smallest absolute Gasteiger partial charge is 0.293 e. The fraction of sp³-hybridized carbons (Fsp3) is 0.244. The van der Waals surface area contributed by atoms with Gasteiger partial charge in [0.05, 0.1) is 26.8 Å². The lowest BCUT2D eigenvalue weighted by Crippen LogP contribution is -2.30. The molecule has 0 saturated heterocycles. The van der Waals surface area contributed by atoms with Crippen molar-refractivity contribution in [3.05, 3.63) is 171 Å². The maximum atomic E-state index is 13.6. The van der Waals surface area contributed by atoms with Gasteiger partial charge in [0.2, 0.25) is 0 Å². The van der Waals surface area contributed by atoms with E-state index in [1.165, 1.54) is 6.07 Å². The van der Waals surface area contributed by atoms with Crippen LogP contribution in [-0.4, -0.2) is 37.5 Å². The van der Waals surface area contributed by atoms with Crippen molar-refractivity contribution in [2.24, 2.45) is 0 Å². The molecule has 0 aliphatic heterocycles. The van der Waals surface area contributed by atoms with Crippen molar-refractivity contribution in [3.8, 4) is 11.5 Å². The number of carbonyl (C=O) groups excluding carboxylic acids is 2. The Morgan fingerprint density at radius 1 is 0.745 bits per heavy atom. The van der Waals surface area contributed by atoms with Crippen LogP contribution in [0.1, 0.15) is 69.0 Å². The Morgan fingerprint density at radius 3 is 2.09 bits per heavy atom. The van der Waals surface area contributed by atoms with Crippen LogP contribution in [0.2, 0.25) is 0 Å². The average molecular weight is 765 g/mol. The van der Waals surface area contributed by atoms with E-state index in [1.807, 2.05) is 117 Å². The number of benzene rings is 4. The molecule has 2 heterocycles. The number of hydrogen-bond donors (Lipinski definition) is 0. The Morgan fingerprint density at radius 2 is 1.44 bits per heavy atom. The van der Waals surface area contributed by atoms with Gasteiger partial charge in [0.15, 0.2) is 17.3 Å². The van der Waals surface area contributed by atoms with Gasteiger partial charge in [-0.15, -0.1) is 11.3 Å². The highest BCUT2D eigenvalue weighted by Crippen LogP contribution is 2.25. The van der Waals surface area contributed by atoms with E-state index in [1.54, 1.807) is 60.8 Å². The van der Waals surface area contributed by atoms with E-state index in [9.17, 15) is 14.0 Å². The Kier molecular flexibility index (Phi) is 16.7. The average Bonchev–Trinajstić information content (AvgIpc) is 3.93. The van der Waals surface area contributed by atoms with Crippen LogP contribution in [-0.2, 0) is 31.0 Å². The molecular formula is C45H49FN2O6S. The molecule has 55 heavy (non-hydrogen) atoms. The highest BCUT2D eigenvalue weighted by molar-refractivity contribution is 7.09. The summed E-state index contributed by atoms with van der Waals surface area (Å²) in [7, 11) is 3.31. The molecule has 2 amide bonds. The summed E-state index contributed by atoms with van der Waals surface area (Å²) in [5, 5.41) is 2.03. The van der Waals surface area contributed by atoms with Gasteiger partial charge in [-0.2, -0.15) is 0 Å². The van der Waals surface area contributed by atoms with Gasteiger partial charge in [0.1, 0.15) is 18.1 Å². The summed E-state index contributed by atoms with van der Waals surface area (Å²) in [4.78, 5) is 30.7. The lowest BCUT2D eigenvalue weighted by atomic mass is 10.1. The first-order valence-electron chi connectivity index (χ1n) is 18.2. The van der Waals surface area contributed by atoms with Crippen LogP contribution in [0.15, 0.2) is 131 Å². The van der Waals surface area contributed by atoms with E-state index in [0.717, 1.165) is 33.0 Å². The number of halogens is 1. The third-order valence-corrected chi connectivity index (χ3v) is 9.19. The molecule has 0 N–H and O–H groups in total. The molecule has 6 rings (SSSR count). The molecule has 0 spiro atoms. The van der Waals surface area contributed by atoms with Gasteiger partial charge in [0, 0.05) is 35.3 Å². The third kappa shape index (κ3) is 11.9. The Bertz CT molecular complexity index is 2060. The fourth-order valence-corrected chi connectivity index (χ4v) is 6.35. The molecule has 0 fully saturated rings. The number of thiophene rings is 1. The first kappa shape index (κ1) is 42.0. The van der Waals surface area contributed by atoms with Crippen molar-refractivity contribution >= 4 is 28.8 Å². The summed E-state index contributed by atoms with van der Waals surface area (Å²) in [6.07, 6.45) is 0. The second-order valence-electron chi connectivity index (χ2n) is 12.0. The van der Waals surface area contributed by atoms with Gasteiger partial charge in [-0.3, -0.25) is 9.59 Å². The Hall–Kier alpha value is -5.71. The van der Waals surface area contributed by atoms with Crippen LogP contribution >= 0.6 is 11.3 Å². The number of carbonyl (C=O) groups is 2. The molecule has 2 aromatic heterocycles. The van der Waals surface area contributed by atoms with E-state index < -0.39 is 5.82 Å². The predicted octanol–water partition coefficient (Wildman–Crippen LogP) is 10.7. The standard InChI is InChI=1S/C22H23NO3S.C21H20FNO3.C2H6/c1-25-16-17-9-11-18(12-10-17)22(24)23(15-20-7-5-13-27-20)14-19-6-3-4-8-21(19)26-2;1-3-23(18-10-6-4-8-15(18)2)21(24)20-13-12-16(26-20)14-25-19-11-7-5-9-17(19)22;1-2/h3-13H,14-16H2,1-2H3;4-13H,3,14H2,1-2H3;1-2H3. The molecule has 0 unspecified atom stereocenters. The first-order chi connectivity index (χ1) is 26.8. The van der Waals surface area contributed by atoms with Crippen LogP contribution in [0.4, 0.5) is 10.1 Å². The Balaban J connectivity index is 0.000000234. The zero-order chi connectivity index (χ0) is 39.6. The number of ether oxygens (including phenoxy) is 3. The molecule has 0 bridgehead atoms. The second-order valence-corrected chi connectivity index (χ2v) is 13.0. The first-order valence-corrected chi connectivity index (χ1v) is 19.0. The van der Waals surface area contributed by atoms with E-state index in [-0.39, 0.29) is 29.9 Å². The number of anilines is 1. The molecule has 0 aliphatic carbocycles. The number of methoxy groups -OCH3 is 2. The molecule has 0 aliphatic rings. The number of para-hydroxylation sites is 3. The van der Waals surface area contributed by atoms with Gasteiger partial charge >= 0.3 is 0 Å². The van der Waals surface area contributed by atoms with Crippen LogP contribution in [0.5, 0.6) is 11.5 Å². The van der Waals surface area contributed by atoms with Crippen LogP contribution in [0, 0.1) is 12.7 Å². The van der Waals surface area contributed by atoms with Crippen molar-refractivity contribution in [2.45, 2.75) is 54.0 Å². The molecule has 4 aromatic carbocycles.